The molecular weight excluding hydrogens is 340 g/mol. The molecule has 0 aromatic carbocycles. The maximum atomic E-state index is 12.4. The first kappa shape index (κ1) is 18.7. The predicted octanol–water partition coefficient (Wildman–Crippen LogP) is 0.752. The first-order valence-electron chi connectivity index (χ1n) is 9.10. The molecule has 2 saturated heterocycles. The molecule has 25 heavy (non-hydrogen) atoms. The van der Waals surface area contributed by atoms with Gasteiger partial charge < -0.3 is 14.4 Å². The quantitative estimate of drug-likeness (QED) is 0.794. The number of carbonyl (C=O) groups excluding carboxylic acids is 1. The van der Waals surface area contributed by atoms with E-state index in [-0.39, 0.29) is 12.0 Å². The zero-order chi connectivity index (χ0) is 17.6. The van der Waals surface area contributed by atoms with Gasteiger partial charge in [-0.2, -0.15) is 11.8 Å². The van der Waals surface area contributed by atoms with Crippen molar-refractivity contribution in [3.63, 3.8) is 0 Å². The maximum absolute atomic E-state index is 12.4. The van der Waals surface area contributed by atoms with Gasteiger partial charge in [0.1, 0.15) is 6.26 Å². The van der Waals surface area contributed by atoms with E-state index >= 15 is 0 Å². The van der Waals surface area contributed by atoms with Gasteiger partial charge >= 0.3 is 0 Å². The summed E-state index contributed by atoms with van der Waals surface area (Å²) in [6.07, 6.45) is 2.05. The number of thioether (sulfide) groups is 1. The van der Waals surface area contributed by atoms with Crippen LogP contribution in [0.25, 0.3) is 0 Å². The van der Waals surface area contributed by atoms with Gasteiger partial charge in [-0.1, -0.05) is 6.92 Å². The molecule has 0 spiro atoms. The Balaban J connectivity index is 1.46. The van der Waals surface area contributed by atoms with E-state index in [0.717, 1.165) is 63.7 Å². The third-order valence-corrected chi connectivity index (χ3v) is 5.78. The Kier molecular flexibility index (Phi) is 6.75. The number of nitrogens with zero attached hydrogens (tertiary/aromatic N) is 4. The van der Waals surface area contributed by atoms with Gasteiger partial charge in [-0.3, -0.25) is 14.6 Å². The van der Waals surface area contributed by atoms with Crippen LogP contribution in [0.15, 0.2) is 10.7 Å². The average Bonchev–Trinajstić information content (AvgIpc) is 3.12. The molecule has 1 aromatic heterocycles. The molecule has 3 heterocycles. The van der Waals surface area contributed by atoms with E-state index in [4.69, 9.17) is 4.42 Å². The average molecular weight is 369 g/mol. The molecular formula is C17H28N4O3S. The highest BCUT2D eigenvalue weighted by Crippen LogP contribution is 2.14. The molecule has 1 amide bonds. The molecule has 3 rings (SSSR count). The Morgan fingerprint density at radius 2 is 1.92 bits per heavy atom. The fourth-order valence-electron chi connectivity index (χ4n) is 3.16. The number of carbonyl (C=O) groups is 1. The summed E-state index contributed by atoms with van der Waals surface area (Å²) in [5, 5.41) is 9.76. The van der Waals surface area contributed by atoms with E-state index in [1.165, 1.54) is 6.26 Å². The molecule has 2 aliphatic rings. The number of rotatable bonds is 6. The second-order valence-electron chi connectivity index (χ2n) is 6.67. The van der Waals surface area contributed by atoms with Crippen molar-refractivity contribution in [1.82, 2.24) is 19.7 Å². The lowest BCUT2D eigenvalue weighted by atomic mass is 10.2. The zero-order valence-electron chi connectivity index (χ0n) is 14.9. The van der Waals surface area contributed by atoms with Gasteiger partial charge in [0.25, 0.3) is 5.91 Å². The van der Waals surface area contributed by atoms with Crippen molar-refractivity contribution in [2.24, 2.45) is 0 Å². The largest absolute Gasteiger partial charge is 0.447 e. The highest BCUT2D eigenvalue weighted by atomic mass is 32.2. The summed E-state index contributed by atoms with van der Waals surface area (Å²) < 4.78 is 5.53. The summed E-state index contributed by atoms with van der Waals surface area (Å²) in [6, 6.07) is 0. The van der Waals surface area contributed by atoms with Crippen LogP contribution in [0, 0.1) is 0 Å². The predicted molar refractivity (Wildman–Crippen MR) is 97.7 cm³/mol. The molecule has 2 aliphatic heterocycles. The van der Waals surface area contributed by atoms with Crippen LogP contribution in [0.4, 0.5) is 0 Å². The van der Waals surface area contributed by atoms with Gasteiger partial charge in [0.15, 0.2) is 5.69 Å². The lowest BCUT2D eigenvalue weighted by Gasteiger charge is -2.34. The molecule has 140 valence electrons. The molecule has 0 saturated carbocycles. The van der Waals surface area contributed by atoms with Crippen LogP contribution >= 0.6 is 11.8 Å². The summed E-state index contributed by atoms with van der Waals surface area (Å²) >= 11 is 1.88. The fraction of sp³-hybridized carbons (Fsp3) is 0.765. The van der Waals surface area contributed by atoms with E-state index in [9.17, 15) is 9.90 Å². The standard InChI is InChI=1S/C17H28N4O3S/c1-2-14(22)11-19-3-5-20(6-4-19)12-16-18-15(13-24-16)17(23)21-7-9-25-10-8-21/h13-14,22H,2-12H2,1H3. The number of hydrogen-bond acceptors (Lipinski definition) is 7. The fourth-order valence-corrected chi connectivity index (χ4v) is 4.06. The van der Waals surface area contributed by atoms with Crippen molar-refractivity contribution in [3.05, 3.63) is 17.8 Å². The minimum absolute atomic E-state index is 0.0197. The smallest absolute Gasteiger partial charge is 0.275 e. The van der Waals surface area contributed by atoms with Crippen LogP contribution < -0.4 is 0 Å². The summed E-state index contributed by atoms with van der Waals surface area (Å²) in [4.78, 5) is 23.3. The molecule has 1 aromatic rings. The van der Waals surface area contributed by atoms with Crippen molar-refractivity contribution in [3.8, 4) is 0 Å². The van der Waals surface area contributed by atoms with Crippen molar-refractivity contribution >= 4 is 17.7 Å². The van der Waals surface area contributed by atoms with Gasteiger partial charge in [-0.15, -0.1) is 0 Å². The first-order chi connectivity index (χ1) is 12.2. The molecule has 0 aliphatic carbocycles. The van der Waals surface area contributed by atoms with E-state index in [1.807, 2.05) is 23.6 Å². The second kappa shape index (κ2) is 9.02. The topological polar surface area (TPSA) is 73.1 Å². The van der Waals surface area contributed by atoms with Crippen LogP contribution in [0.5, 0.6) is 0 Å². The monoisotopic (exact) mass is 368 g/mol. The van der Waals surface area contributed by atoms with E-state index in [1.54, 1.807) is 0 Å². The Bertz CT molecular complexity index is 554. The highest BCUT2D eigenvalue weighted by Gasteiger charge is 2.23. The first-order valence-corrected chi connectivity index (χ1v) is 10.3. The van der Waals surface area contributed by atoms with Gasteiger partial charge in [0, 0.05) is 57.3 Å². The number of amides is 1. The van der Waals surface area contributed by atoms with Crippen LogP contribution in [0.2, 0.25) is 0 Å². The Morgan fingerprint density at radius 3 is 2.60 bits per heavy atom. The molecule has 8 heteroatoms. The SMILES string of the molecule is CCC(O)CN1CCN(Cc2nc(C(=O)N3CCSCC3)co2)CC1. The molecule has 2 fully saturated rings. The lowest BCUT2D eigenvalue weighted by molar-refractivity contribution is 0.0658. The Morgan fingerprint density at radius 1 is 1.24 bits per heavy atom. The van der Waals surface area contributed by atoms with Crippen LogP contribution in [-0.2, 0) is 6.54 Å². The van der Waals surface area contributed by atoms with E-state index < -0.39 is 0 Å². The normalized spacial score (nSPS) is 21.4. The summed E-state index contributed by atoms with van der Waals surface area (Å²) in [7, 11) is 0. The van der Waals surface area contributed by atoms with Crippen molar-refractivity contribution in [2.75, 3.05) is 57.3 Å². The zero-order valence-corrected chi connectivity index (χ0v) is 15.7. The molecule has 1 atom stereocenters. The van der Waals surface area contributed by atoms with Crippen LogP contribution in [0.3, 0.4) is 0 Å². The van der Waals surface area contributed by atoms with Gasteiger partial charge in [0.05, 0.1) is 12.6 Å². The van der Waals surface area contributed by atoms with Crippen LogP contribution in [-0.4, -0.2) is 94.1 Å². The number of aliphatic hydroxyl groups excluding tert-OH is 1. The Labute approximate surface area is 153 Å². The second-order valence-corrected chi connectivity index (χ2v) is 7.89. The lowest BCUT2D eigenvalue weighted by Crippen LogP contribution is -2.48. The van der Waals surface area contributed by atoms with Gasteiger partial charge in [-0.05, 0) is 6.42 Å². The number of hydrogen-bond donors (Lipinski definition) is 1. The molecule has 1 N–H and O–H groups in total. The molecule has 0 bridgehead atoms. The third-order valence-electron chi connectivity index (χ3n) is 4.83. The van der Waals surface area contributed by atoms with Crippen molar-refractivity contribution < 1.29 is 14.3 Å². The number of β-amino-alcohol motifs (C(OH)–C–C–N with tert-alkyl or cyclic N) is 1. The van der Waals surface area contributed by atoms with Crippen LogP contribution in [0.1, 0.15) is 29.7 Å². The summed E-state index contributed by atoms with van der Waals surface area (Å²) in [5.41, 5.74) is 0.423. The molecule has 7 nitrogen and oxygen atoms in total. The van der Waals surface area contributed by atoms with Gasteiger partial charge in [-0.25, -0.2) is 4.98 Å². The summed E-state index contributed by atoms with van der Waals surface area (Å²) in [6.45, 7) is 8.68. The minimum atomic E-state index is -0.236. The maximum Gasteiger partial charge on any atom is 0.275 e. The Hall–Kier alpha value is -1.09. The highest BCUT2D eigenvalue weighted by molar-refractivity contribution is 7.99. The number of oxazole rings is 1. The third kappa shape index (κ3) is 5.20. The van der Waals surface area contributed by atoms with Gasteiger partial charge in [0.2, 0.25) is 5.89 Å². The van der Waals surface area contributed by atoms with Crippen molar-refractivity contribution in [2.45, 2.75) is 26.0 Å². The van der Waals surface area contributed by atoms with E-state index in [2.05, 4.69) is 14.8 Å². The molecule has 0 radical (unpaired) electrons. The van der Waals surface area contributed by atoms with E-state index in [0.29, 0.717) is 18.1 Å². The number of aliphatic hydroxyl groups is 1. The number of aromatic nitrogens is 1. The number of piperazine rings is 1. The van der Waals surface area contributed by atoms with Crippen molar-refractivity contribution in [1.29, 1.82) is 0 Å². The molecule has 1 unspecified atom stereocenters. The minimum Gasteiger partial charge on any atom is -0.447 e. The summed E-state index contributed by atoms with van der Waals surface area (Å²) in [5.74, 6) is 2.58.